The van der Waals surface area contributed by atoms with Crippen molar-refractivity contribution in [2.75, 3.05) is 24.3 Å². The average molecular weight is 654 g/mol. The third-order valence-corrected chi connectivity index (χ3v) is 7.84. The summed E-state index contributed by atoms with van der Waals surface area (Å²) in [5, 5.41) is 6.21. The van der Waals surface area contributed by atoms with Crippen LogP contribution in [0, 0.1) is 6.92 Å². The van der Waals surface area contributed by atoms with Gasteiger partial charge in [-0.15, -0.1) is 13.2 Å². The van der Waals surface area contributed by atoms with Gasteiger partial charge in [-0.25, -0.2) is 4.98 Å². The Morgan fingerprint density at radius 1 is 0.917 bits per heavy atom. The maximum Gasteiger partial charge on any atom is 0.573 e. The summed E-state index contributed by atoms with van der Waals surface area (Å²) in [6, 6.07) is 28.8. The zero-order valence-corrected chi connectivity index (χ0v) is 26.5. The van der Waals surface area contributed by atoms with Crippen molar-refractivity contribution >= 4 is 23.2 Å². The predicted octanol–water partition coefficient (Wildman–Crippen LogP) is 8.30. The number of hydrogen-bond donors (Lipinski definition) is 2. The number of alkyl halides is 3. The van der Waals surface area contributed by atoms with Crippen LogP contribution >= 0.6 is 0 Å². The van der Waals surface area contributed by atoms with Crippen molar-refractivity contribution in [1.29, 1.82) is 0 Å². The minimum Gasteiger partial charge on any atom is -0.477 e. The number of carbonyl (C=O) groups is 1. The molecule has 1 amide bonds. The van der Waals surface area contributed by atoms with Gasteiger partial charge in [0.25, 0.3) is 5.91 Å². The molecule has 2 N–H and O–H groups in total. The van der Waals surface area contributed by atoms with Gasteiger partial charge in [0.2, 0.25) is 11.8 Å². The Kier molecular flexibility index (Phi) is 9.58. The first-order valence-electron chi connectivity index (χ1n) is 15.5. The summed E-state index contributed by atoms with van der Waals surface area (Å²) in [4.78, 5) is 24.7. The van der Waals surface area contributed by atoms with Crippen molar-refractivity contribution in [3.8, 4) is 22.9 Å². The van der Waals surface area contributed by atoms with Crippen molar-refractivity contribution in [3.63, 3.8) is 0 Å². The molecule has 48 heavy (non-hydrogen) atoms. The lowest BCUT2D eigenvalue weighted by Crippen LogP contribution is -2.18. The summed E-state index contributed by atoms with van der Waals surface area (Å²) in [6.07, 6.45) is -3.34. The quantitative estimate of drug-likeness (QED) is 0.157. The van der Waals surface area contributed by atoms with E-state index in [4.69, 9.17) is 4.74 Å². The molecule has 0 fully saturated rings. The van der Waals surface area contributed by atoms with Crippen molar-refractivity contribution < 1.29 is 27.4 Å². The van der Waals surface area contributed by atoms with E-state index in [1.165, 1.54) is 29.8 Å². The highest BCUT2D eigenvalue weighted by Gasteiger charge is 2.31. The van der Waals surface area contributed by atoms with Crippen LogP contribution < -0.4 is 20.1 Å². The molecule has 0 bridgehead atoms. The summed E-state index contributed by atoms with van der Waals surface area (Å²) in [5.74, 6) is 0.118. The number of benzene rings is 4. The van der Waals surface area contributed by atoms with E-state index in [0.717, 1.165) is 41.9 Å². The largest absolute Gasteiger partial charge is 0.573 e. The molecule has 1 aliphatic heterocycles. The Morgan fingerprint density at radius 2 is 1.65 bits per heavy atom. The molecule has 1 aromatic heterocycles. The number of hydrogen-bond acceptors (Lipinski definition) is 7. The number of amides is 1. The van der Waals surface area contributed by atoms with E-state index in [-0.39, 0.29) is 17.6 Å². The van der Waals surface area contributed by atoms with Gasteiger partial charge in [0, 0.05) is 41.2 Å². The topological polar surface area (TPSA) is 88.6 Å². The number of anilines is 3. The van der Waals surface area contributed by atoms with Gasteiger partial charge in [-0.05, 0) is 98.1 Å². The van der Waals surface area contributed by atoms with Crippen LogP contribution in [0.3, 0.4) is 0 Å². The van der Waals surface area contributed by atoms with Gasteiger partial charge >= 0.3 is 6.36 Å². The number of nitrogens with one attached hydrogen (secondary N) is 2. The second-order valence-corrected chi connectivity index (χ2v) is 11.7. The van der Waals surface area contributed by atoms with E-state index in [1.54, 1.807) is 24.3 Å². The van der Waals surface area contributed by atoms with Crippen molar-refractivity contribution in [2.45, 2.75) is 39.2 Å². The summed E-state index contributed by atoms with van der Waals surface area (Å²) >= 11 is 0. The molecule has 0 saturated heterocycles. The maximum absolute atomic E-state index is 13.2. The lowest BCUT2D eigenvalue weighted by atomic mass is 10.0. The van der Waals surface area contributed by atoms with E-state index in [1.807, 2.05) is 37.3 Å². The molecule has 246 valence electrons. The molecular weight excluding hydrogens is 619 g/mol. The Hall–Kier alpha value is -5.42. The van der Waals surface area contributed by atoms with Crippen LogP contribution in [-0.2, 0) is 19.5 Å². The van der Waals surface area contributed by atoms with Gasteiger partial charge in [-0.3, -0.25) is 9.69 Å². The van der Waals surface area contributed by atoms with Crippen LogP contribution in [-0.4, -0.2) is 40.8 Å². The van der Waals surface area contributed by atoms with Crippen molar-refractivity contribution in [1.82, 2.24) is 14.9 Å². The standard InChI is InChI=1S/C37H34F3N5O3/c1-24-10-11-26(23-45(2)22-25-7-4-3-5-8-25)21-32(24)42-34(46)28-12-16-29(17-13-28)41-36-43-33(31-9-6-20-47-35(31)44-36)27-14-18-30(19-15-27)48-37(38,39)40/h3-5,7-8,10-19,21H,6,9,20,22-23H2,1-2H3,(H,42,46)(H,41,43,44). The number of carbonyl (C=O) groups excluding carboxylic acids is 1. The van der Waals surface area contributed by atoms with Crippen LogP contribution in [0.5, 0.6) is 11.6 Å². The number of aryl methyl sites for hydroxylation is 1. The Labute approximate surface area is 276 Å². The fraction of sp³-hybridized carbons (Fsp3) is 0.216. The van der Waals surface area contributed by atoms with Crippen LogP contribution in [0.4, 0.5) is 30.5 Å². The minimum atomic E-state index is -4.78. The van der Waals surface area contributed by atoms with E-state index in [0.29, 0.717) is 41.4 Å². The predicted molar refractivity (Wildman–Crippen MR) is 178 cm³/mol. The zero-order chi connectivity index (χ0) is 33.7. The second kappa shape index (κ2) is 14.1. The first-order chi connectivity index (χ1) is 23.1. The van der Waals surface area contributed by atoms with Gasteiger partial charge < -0.3 is 20.1 Å². The number of rotatable bonds is 10. The van der Waals surface area contributed by atoms with Crippen molar-refractivity contribution in [2.24, 2.45) is 0 Å². The maximum atomic E-state index is 13.2. The fourth-order valence-electron chi connectivity index (χ4n) is 5.53. The normalized spacial score (nSPS) is 12.6. The smallest absolute Gasteiger partial charge is 0.477 e. The number of ether oxygens (including phenoxy) is 2. The number of fused-ring (bicyclic) bond motifs is 1. The molecular formula is C37H34F3N5O3. The molecule has 0 aliphatic carbocycles. The summed E-state index contributed by atoms with van der Waals surface area (Å²) in [6.45, 7) is 4.00. The molecule has 8 nitrogen and oxygen atoms in total. The van der Waals surface area contributed by atoms with Gasteiger partial charge in [0.15, 0.2) is 0 Å². The highest BCUT2D eigenvalue weighted by atomic mass is 19.4. The molecule has 0 unspecified atom stereocenters. The first-order valence-corrected chi connectivity index (χ1v) is 15.5. The lowest BCUT2D eigenvalue weighted by Gasteiger charge is -2.20. The van der Waals surface area contributed by atoms with E-state index in [2.05, 4.69) is 55.5 Å². The molecule has 0 radical (unpaired) electrons. The van der Waals surface area contributed by atoms with Gasteiger partial charge in [-0.2, -0.15) is 4.98 Å². The molecule has 11 heteroatoms. The monoisotopic (exact) mass is 653 g/mol. The third-order valence-electron chi connectivity index (χ3n) is 7.84. The number of nitrogens with zero attached hydrogens (tertiary/aromatic N) is 3. The van der Waals surface area contributed by atoms with Crippen molar-refractivity contribution in [3.05, 3.63) is 125 Å². The zero-order valence-electron chi connectivity index (χ0n) is 26.5. The SMILES string of the molecule is Cc1ccc(CN(C)Cc2ccccc2)cc1NC(=O)c1ccc(Nc2nc3c(c(-c4ccc(OC(F)(F)F)cc4)n2)CCCO3)cc1. The summed E-state index contributed by atoms with van der Waals surface area (Å²) < 4.78 is 47.8. The third kappa shape index (κ3) is 8.29. The lowest BCUT2D eigenvalue weighted by molar-refractivity contribution is -0.274. The van der Waals surface area contributed by atoms with E-state index < -0.39 is 6.36 Å². The number of aromatic nitrogens is 2. The van der Waals surface area contributed by atoms with Gasteiger partial charge in [0.1, 0.15) is 5.75 Å². The fourth-order valence-corrected chi connectivity index (χ4v) is 5.53. The van der Waals surface area contributed by atoms with Crippen LogP contribution in [0.15, 0.2) is 97.1 Å². The Morgan fingerprint density at radius 3 is 2.38 bits per heavy atom. The molecule has 0 saturated carbocycles. The van der Waals surface area contributed by atoms with E-state index in [9.17, 15) is 18.0 Å². The van der Waals surface area contributed by atoms with Crippen LogP contribution in [0.25, 0.3) is 11.3 Å². The molecule has 6 rings (SSSR count). The molecule has 0 spiro atoms. The number of halogens is 3. The first kappa shape index (κ1) is 32.5. The molecule has 1 aliphatic rings. The molecule has 2 heterocycles. The highest BCUT2D eigenvalue weighted by molar-refractivity contribution is 6.04. The second-order valence-electron chi connectivity index (χ2n) is 11.7. The van der Waals surface area contributed by atoms with Gasteiger partial charge in [-0.1, -0.05) is 42.5 Å². The average Bonchev–Trinajstić information content (AvgIpc) is 3.06. The Balaban J connectivity index is 1.13. The molecule has 5 aromatic rings. The summed E-state index contributed by atoms with van der Waals surface area (Å²) in [7, 11) is 2.07. The van der Waals surface area contributed by atoms with Crippen LogP contribution in [0.2, 0.25) is 0 Å². The van der Waals surface area contributed by atoms with E-state index >= 15 is 0 Å². The highest BCUT2D eigenvalue weighted by Crippen LogP contribution is 2.35. The molecule has 4 aromatic carbocycles. The Bertz CT molecular complexity index is 1880. The van der Waals surface area contributed by atoms with Gasteiger partial charge in [0.05, 0.1) is 12.3 Å². The summed E-state index contributed by atoms with van der Waals surface area (Å²) in [5.41, 5.74) is 7.09. The van der Waals surface area contributed by atoms with Crippen LogP contribution in [0.1, 0.15) is 39.0 Å². The minimum absolute atomic E-state index is 0.238. The molecule has 0 atom stereocenters.